The van der Waals surface area contributed by atoms with Crippen LogP contribution in [0.15, 0.2) is 53.0 Å². The number of nitrogens with two attached hydrogens (primary N) is 1. The van der Waals surface area contributed by atoms with Gasteiger partial charge in [-0.15, -0.1) is 16.4 Å². The van der Waals surface area contributed by atoms with Crippen molar-refractivity contribution < 1.29 is 9.53 Å². The van der Waals surface area contributed by atoms with Crippen molar-refractivity contribution in [2.45, 2.75) is 19.9 Å². The van der Waals surface area contributed by atoms with Gasteiger partial charge in [0, 0.05) is 16.1 Å². The molecule has 3 N–H and O–H groups in total. The lowest BCUT2D eigenvalue weighted by Gasteiger charge is -2.26. The van der Waals surface area contributed by atoms with E-state index in [9.17, 15) is 4.79 Å². The van der Waals surface area contributed by atoms with Crippen LogP contribution in [0.25, 0.3) is 11.4 Å². The molecular formula is C19H19N5O2S. The number of carbonyl (C=O) groups is 1. The van der Waals surface area contributed by atoms with E-state index in [1.54, 1.807) is 16.0 Å². The molecule has 3 heterocycles. The zero-order chi connectivity index (χ0) is 19.0. The molecule has 1 aliphatic rings. The van der Waals surface area contributed by atoms with E-state index < -0.39 is 5.91 Å². The van der Waals surface area contributed by atoms with Gasteiger partial charge in [-0.1, -0.05) is 6.07 Å². The van der Waals surface area contributed by atoms with Gasteiger partial charge in [-0.3, -0.25) is 4.79 Å². The van der Waals surface area contributed by atoms with Crippen LogP contribution in [0, 0.1) is 0 Å². The number of hydrogen-bond donors (Lipinski definition) is 2. The number of hydrogen-bond acceptors (Lipinski definition) is 6. The number of thiophene rings is 1. The van der Waals surface area contributed by atoms with E-state index in [4.69, 9.17) is 10.5 Å². The van der Waals surface area contributed by atoms with Gasteiger partial charge in [0.25, 0.3) is 0 Å². The summed E-state index contributed by atoms with van der Waals surface area (Å²) in [5, 5.41) is 9.79. The molecule has 3 aromatic rings. The molecular weight excluding hydrogens is 362 g/mol. The minimum atomic E-state index is -0.470. The minimum Gasteiger partial charge on any atom is -0.494 e. The molecule has 1 aliphatic heterocycles. The van der Waals surface area contributed by atoms with Crippen molar-refractivity contribution in [2.24, 2.45) is 5.73 Å². The summed E-state index contributed by atoms with van der Waals surface area (Å²) in [6.45, 7) is 4.39. The fourth-order valence-electron chi connectivity index (χ4n) is 3.17. The lowest BCUT2D eigenvalue weighted by atomic mass is 10.0. The normalized spacial score (nSPS) is 16.0. The highest BCUT2D eigenvalue weighted by atomic mass is 32.1. The van der Waals surface area contributed by atoms with E-state index in [2.05, 4.69) is 15.4 Å². The van der Waals surface area contributed by atoms with Crippen LogP contribution in [0.4, 0.5) is 5.95 Å². The number of rotatable bonds is 5. The summed E-state index contributed by atoms with van der Waals surface area (Å²) in [5.74, 6) is 1.48. The SMILES string of the molecule is CCOc1ccc(-c2nc3n(n2)[C@@H](c2cccs2)C(C(N)=O)=C(C)N3)cc1. The number of benzene rings is 1. The van der Waals surface area contributed by atoms with E-state index in [1.165, 1.54) is 0 Å². The van der Waals surface area contributed by atoms with Gasteiger partial charge in [-0.2, -0.15) is 4.98 Å². The van der Waals surface area contributed by atoms with Gasteiger partial charge in [0.1, 0.15) is 11.8 Å². The monoisotopic (exact) mass is 381 g/mol. The molecule has 27 heavy (non-hydrogen) atoms. The fraction of sp³-hybridized carbons (Fsp3) is 0.211. The van der Waals surface area contributed by atoms with Crippen LogP contribution in [0.2, 0.25) is 0 Å². The van der Waals surface area contributed by atoms with E-state index >= 15 is 0 Å². The molecule has 8 heteroatoms. The molecule has 0 saturated carbocycles. The summed E-state index contributed by atoms with van der Waals surface area (Å²) in [5.41, 5.74) is 7.72. The molecule has 138 valence electrons. The summed E-state index contributed by atoms with van der Waals surface area (Å²) in [4.78, 5) is 17.7. The van der Waals surface area contributed by atoms with Crippen molar-refractivity contribution in [1.29, 1.82) is 0 Å². The average Bonchev–Trinajstić information content (AvgIpc) is 3.31. The topological polar surface area (TPSA) is 95.1 Å². The van der Waals surface area contributed by atoms with Gasteiger partial charge in [0.15, 0.2) is 5.82 Å². The number of nitrogens with one attached hydrogen (secondary N) is 1. The van der Waals surface area contributed by atoms with Gasteiger partial charge >= 0.3 is 0 Å². The first kappa shape index (κ1) is 17.3. The number of allylic oxidation sites excluding steroid dienone is 1. The number of amides is 1. The van der Waals surface area contributed by atoms with Crippen molar-refractivity contribution in [1.82, 2.24) is 14.8 Å². The molecule has 2 aromatic heterocycles. The number of primary amides is 1. The Labute approximate surface area is 160 Å². The van der Waals surface area contributed by atoms with Gasteiger partial charge in [0.2, 0.25) is 11.9 Å². The zero-order valence-electron chi connectivity index (χ0n) is 15.0. The van der Waals surface area contributed by atoms with Crippen LogP contribution in [0.1, 0.15) is 24.8 Å². The number of ether oxygens (including phenoxy) is 1. The first-order valence-electron chi connectivity index (χ1n) is 8.59. The number of nitrogens with zero attached hydrogens (tertiary/aromatic N) is 3. The van der Waals surface area contributed by atoms with E-state index in [0.717, 1.165) is 16.2 Å². The Hall–Kier alpha value is -3.13. The smallest absolute Gasteiger partial charge is 0.248 e. The van der Waals surface area contributed by atoms with Crippen LogP contribution in [0.3, 0.4) is 0 Å². The third kappa shape index (κ3) is 3.08. The van der Waals surface area contributed by atoms with E-state index in [-0.39, 0.29) is 6.04 Å². The maximum atomic E-state index is 12.1. The summed E-state index contributed by atoms with van der Waals surface area (Å²) < 4.78 is 7.21. The van der Waals surface area contributed by atoms with Gasteiger partial charge in [-0.25, -0.2) is 4.68 Å². The largest absolute Gasteiger partial charge is 0.494 e. The van der Waals surface area contributed by atoms with Crippen molar-refractivity contribution in [2.75, 3.05) is 11.9 Å². The molecule has 0 fully saturated rings. The number of anilines is 1. The average molecular weight is 381 g/mol. The maximum Gasteiger partial charge on any atom is 0.248 e. The van der Waals surface area contributed by atoms with Crippen LogP contribution in [-0.4, -0.2) is 27.3 Å². The number of carbonyl (C=O) groups excluding carboxylic acids is 1. The zero-order valence-corrected chi connectivity index (χ0v) is 15.8. The molecule has 0 bridgehead atoms. The molecule has 0 aliphatic carbocycles. The second-order valence-corrected chi connectivity index (χ2v) is 7.09. The first-order chi connectivity index (χ1) is 13.1. The third-order valence-corrected chi connectivity index (χ3v) is 5.28. The van der Waals surface area contributed by atoms with Crippen LogP contribution >= 0.6 is 11.3 Å². The van der Waals surface area contributed by atoms with Gasteiger partial charge in [-0.05, 0) is 49.6 Å². The minimum absolute atomic E-state index is 0.386. The quantitative estimate of drug-likeness (QED) is 0.708. The summed E-state index contributed by atoms with van der Waals surface area (Å²) in [6, 6.07) is 11.1. The summed E-state index contributed by atoms with van der Waals surface area (Å²) >= 11 is 1.55. The summed E-state index contributed by atoms with van der Waals surface area (Å²) in [6.07, 6.45) is 0. The lowest BCUT2D eigenvalue weighted by Crippen LogP contribution is -2.31. The van der Waals surface area contributed by atoms with Crippen molar-refractivity contribution in [3.8, 4) is 17.1 Å². The fourth-order valence-corrected chi connectivity index (χ4v) is 3.99. The third-order valence-electron chi connectivity index (χ3n) is 4.35. The molecule has 0 unspecified atom stereocenters. The predicted molar refractivity (Wildman–Crippen MR) is 105 cm³/mol. The Morgan fingerprint density at radius 2 is 2.11 bits per heavy atom. The molecule has 4 rings (SSSR count). The molecule has 0 radical (unpaired) electrons. The Kier molecular flexibility index (Phi) is 4.41. The Bertz CT molecular complexity index is 1010. The van der Waals surface area contributed by atoms with E-state index in [0.29, 0.717) is 29.6 Å². The van der Waals surface area contributed by atoms with Gasteiger partial charge < -0.3 is 15.8 Å². The van der Waals surface area contributed by atoms with Crippen LogP contribution in [-0.2, 0) is 4.79 Å². The summed E-state index contributed by atoms with van der Waals surface area (Å²) in [7, 11) is 0. The van der Waals surface area contributed by atoms with E-state index in [1.807, 2.05) is 55.6 Å². The lowest BCUT2D eigenvalue weighted by molar-refractivity contribution is -0.115. The van der Waals surface area contributed by atoms with Crippen LogP contribution in [0.5, 0.6) is 5.75 Å². The van der Waals surface area contributed by atoms with Crippen molar-refractivity contribution in [3.63, 3.8) is 0 Å². The number of aromatic nitrogens is 3. The maximum absolute atomic E-state index is 12.1. The highest BCUT2D eigenvalue weighted by Crippen LogP contribution is 2.37. The Balaban J connectivity index is 1.78. The molecule has 0 saturated heterocycles. The standard InChI is InChI=1S/C19H19N5O2S/c1-3-26-13-8-6-12(7-9-13)18-22-19-21-11(2)15(17(20)25)16(24(19)23-18)14-5-4-10-27-14/h4-10,16H,3H2,1-2H3,(H2,20,25)(H,21,22,23)/t16-/m0/s1. The highest BCUT2D eigenvalue weighted by Gasteiger charge is 2.33. The van der Waals surface area contributed by atoms with Crippen molar-refractivity contribution >= 4 is 23.2 Å². The Morgan fingerprint density at radius 3 is 2.74 bits per heavy atom. The first-order valence-corrected chi connectivity index (χ1v) is 9.47. The molecule has 1 aromatic carbocycles. The predicted octanol–water partition coefficient (Wildman–Crippen LogP) is 3.18. The van der Waals surface area contributed by atoms with Crippen molar-refractivity contribution in [3.05, 3.63) is 57.9 Å². The Morgan fingerprint density at radius 1 is 1.33 bits per heavy atom. The molecule has 7 nitrogen and oxygen atoms in total. The molecule has 1 atom stereocenters. The second kappa shape index (κ2) is 6.88. The van der Waals surface area contributed by atoms with Gasteiger partial charge in [0.05, 0.1) is 12.2 Å². The molecule has 1 amide bonds. The molecule has 0 spiro atoms. The number of fused-ring (bicyclic) bond motifs is 1. The second-order valence-electron chi connectivity index (χ2n) is 6.11. The highest BCUT2D eigenvalue weighted by molar-refractivity contribution is 7.10. The van der Waals surface area contributed by atoms with Crippen LogP contribution < -0.4 is 15.8 Å².